The summed E-state index contributed by atoms with van der Waals surface area (Å²) in [7, 11) is 0. The standard InChI is InChI=1S/C22H17F7N6O/c23-18-10-34(3-1-17(18)14-8-30-11-31-9-14)19(36)2-4-35-12-32-20(33-35)13-5-15(21(24,25)26)7-16(6-13)22(27,28)29/h2,4-9,11-12,17-18H,1,3,10H2/b4-2-. The quantitative estimate of drug-likeness (QED) is 0.376. The van der Waals surface area contributed by atoms with Gasteiger partial charge in [-0.1, -0.05) is 0 Å². The zero-order valence-corrected chi connectivity index (χ0v) is 18.2. The zero-order valence-electron chi connectivity index (χ0n) is 18.2. The largest absolute Gasteiger partial charge is 0.416 e. The first kappa shape index (κ1) is 25.3. The van der Waals surface area contributed by atoms with Crippen LogP contribution in [-0.2, 0) is 17.1 Å². The molecule has 1 aromatic carbocycles. The van der Waals surface area contributed by atoms with Crippen LogP contribution in [-0.4, -0.2) is 54.8 Å². The molecule has 1 fully saturated rings. The Balaban J connectivity index is 1.47. The second kappa shape index (κ2) is 9.66. The van der Waals surface area contributed by atoms with Crippen molar-refractivity contribution in [2.75, 3.05) is 13.1 Å². The minimum Gasteiger partial charge on any atom is -0.336 e. The maximum absolute atomic E-state index is 14.7. The maximum atomic E-state index is 14.7. The summed E-state index contributed by atoms with van der Waals surface area (Å²) in [6.07, 6.45) is -3.45. The van der Waals surface area contributed by atoms with Gasteiger partial charge in [-0.15, -0.1) is 5.10 Å². The predicted octanol–water partition coefficient (Wildman–Crippen LogP) is 4.60. The van der Waals surface area contributed by atoms with Crippen LogP contribution in [0.5, 0.6) is 0 Å². The number of alkyl halides is 7. The summed E-state index contributed by atoms with van der Waals surface area (Å²) in [5, 5.41) is 3.84. The number of likely N-dealkylation sites (tertiary alicyclic amines) is 1. The van der Waals surface area contributed by atoms with Crippen LogP contribution in [0.2, 0.25) is 0 Å². The van der Waals surface area contributed by atoms with Gasteiger partial charge in [0.15, 0.2) is 5.82 Å². The SMILES string of the molecule is O=C(/C=C\n1cnc(-c2cc(C(F)(F)F)cc(C(F)(F)F)c2)n1)N1CCC(c2cncnc2)C(F)C1. The number of rotatable bonds is 4. The molecule has 2 aromatic heterocycles. The fourth-order valence-corrected chi connectivity index (χ4v) is 3.79. The molecule has 0 bridgehead atoms. The lowest BCUT2D eigenvalue weighted by Crippen LogP contribution is -2.43. The van der Waals surface area contributed by atoms with Crippen molar-refractivity contribution in [1.82, 2.24) is 29.6 Å². The molecule has 0 saturated carbocycles. The van der Waals surface area contributed by atoms with Gasteiger partial charge < -0.3 is 4.90 Å². The van der Waals surface area contributed by atoms with Gasteiger partial charge in [-0.25, -0.2) is 24.0 Å². The summed E-state index contributed by atoms with van der Waals surface area (Å²) in [5.41, 5.74) is -2.87. The number of nitrogens with zero attached hydrogens (tertiary/aromatic N) is 6. The molecule has 1 aliphatic heterocycles. The third-order valence-corrected chi connectivity index (χ3v) is 5.59. The minimum atomic E-state index is -5.01. The van der Waals surface area contributed by atoms with E-state index in [0.29, 0.717) is 24.1 Å². The number of halogens is 7. The van der Waals surface area contributed by atoms with E-state index in [0.717, 1.165) is 23.3 Å². The molecule has 0 aliphatic carbocycles. The van der Waals surface area contributed by atoms with Gasteiger partial charge >= 0.3 is 12.4 Å². The van der Waals surface area contributed by atoms with Crippen molar-refractivity contribution in [3.05, 3.63) is 66.0 Å². The molecule has 4 rings (SSSR count). The molecule has 1 saturated heterocycles. The van der Waals surface area contributed by atoms with Crippen molar-refractivity contribution in [2.24, 2.45) is 0 Å². The van der Waals surface area contributed by atoms with E-state index >= 15 is 0 Å². The third-order valence-electron chi connectivity index (χ3n) is 5.59. The molecule has 3 aromatic rings. The van der Waals surface area contributed by atoms with Gasteiger partial charge in [-0.2, -0.15) is 26.3 Å². The van der Waals surface area contributed by atoms with E-state index < -0.39 is 52.9 Å². The van der Waals surface area contributed by atoms with Crippen LogP contribution in [0.25, 0.3) is 17.6 Å². The molecule has 7 nitrogen and oxygen atoms in total. The summed E-state index contributed by atoms with van der Waals surface area (Å²) >= 11 is 0. The predicted molar refractivity (Wildman–Crippen MR) is 112 cm³/mol. The van der Waals surface area contributed by atoms with E-state index in [1.807, 2.05) is 0 Å². The molecule has 1 aliphatic rings. The third kappa shape index (κ3) is 5.69. The molecular formula is C22H17F7N6O. The molecular weight excluding hydrogens is 497 g/mol. The molecule has 0 N–H and O–H groups in total. The number of carbonyl (C=O) groups excluding carboxylic acids is 1. The number of hydrogen-bond acceptors (Lipinski definition) is 5. The summed E-state index contributed by atoms with van der Waals surface area (Å²) < 4.78 is 94.2. The van der Waals surface area contributed by atoms with E-state index in [1.165, 1.54) is 23.6 Å². The Morgan fingerprint density at radius 1 is 1.00 bits per heavy atom. The number of benzene rings is 1. The highest BCUT2D eigenvalue weighted by Crippen LogP contribution is 2.38. The van der Waals surface area contributed by atoms with Crippen LogP contribution in [0, 0.1) is 0 Å². The van der Waals surface area contributed by atoms with E-state index in [1.54, 1.807) is 0 Å². The van der Waals surface area contributed by atoms with E-state index in [-0.39, 0.29) is 19.2 Å². The highest BCUT2D eigenvalue weighted by molar-refractivity contribution is 5.90. The fraction of sp³-hybridized carbons (Fsp3) is 0.318. The lowest BCUT2D eigenvalue weighted by Gasteiger charge is -2.34. The van der Waals surface area contributed by atoms with Crippen LogP contribution < -0.4 is 0 Å². The molecule has 2 atom stereocenters. The van der Waals surface area contributed by atoms with Gasteiger partial charge in [-0.05, 0) is 30.2 Å². The molecule has 3 heterocycles. The van der Waals surface area contributed by atoms with Crippen LogP contribution in [0.4, 0.5) is 30.7 Å². The van der Waals surface area contributed by atoms with E-state index in [2.05, 4.69) is 20.1 Å². The van der Waals surface area contributed by atoms with Crippen molar-refractivity contribution in [2.45, 2.75) is 30.9 Å². The monoisotopic (exact) mass is 514 g/mol. The molecule has 0 radical (unpaired) electrons. The topological polar surface area (TPSA) is 76.8 Å². The molecule has 14 heteroatoms. The summed E-state index contributed by atoms with van der Waals surface area (Å²) in [6.45, 7) is 0.0893. The van der Waals surface area contributed by atoms with Crippen LogP contribution in [0.15, 0.2) is 49.3 Å². The molecule has 36 heavy (non-hydrogen) atoms. The first-order chi connectivity index (χ1) is 16.9. The van der Waals surface area contributed by atoms with Crippen LogP contribution in [0.3, 0.4) is 0 Å². The fourth-order valence-electron chi connectivity index (χ4n) is 3.79. The Labute approximate surface area is 199 Å². The summed E-state index contributed by atoms with van der Waals surface area (Å²) in [6, 6.07) is 1.02. The Hall–Kier alpha value is -3.84. The Kier molecular flexibility index (Phi) is 6.78. The highest BCUT2D eigenvalue weighted by Gasteiger charge is 2.37. The smallest absolute Gasteiger partial charge is 0.336 e. The van der Waals surface area contributed by atoms with Gasteiger partial charge in [0.25, 0.3) is 0 Å². The van der Waals surface area contributed by atoms with Gasteiger partial charge in [0.2, 0.25) is 5.91 Å². The Morgan fingerprint density at radius 2 is 1.64 bits per heavy atom. The first-order valence-corrected chi connectivity index (χ1v) is 10.5. The van der Waals surface area contributed by atoms with Gasteiger partial charge in [0.05, 0.1) is 17.7 Å². The normalized spacial score (nSPS) is 19.1. The first-order valence-electron chi connectivity index (χ1n) is 10.5. The average molecular weight is 514 g/mol. The van der Waals surface area contributed by atoms with Gasteiger partial charge in [-0.3, -0.25) is 4.79 Å². The van der Waals surface area contributed by atoms with Crippen molar-refractivity contribution in [3.8, 4) is 11.4 Å². The molecule has 1 amide bonds. The number of carbonyl (C=O) groups is 1. The van der Waals surface area contributed by atoms with Crippen molar-refractivity contribution in [3.63, 3.8) is 0 Å². The lowest BCUT2D eigenvalue weighted by molar-refractivity contribution is -0.143. The van der Waals surface area contributed by atoms with E-state index in [9.17, 15) is 35.5 Å². The molecule has 2 unspecified atom stereocenters. The van der Waals surface area contributed by atoms with Gasteiger partial charge in [0, 0.05) is 42.7 Å². The Morgan fingerprint density at radius 3 is 2.22 bits per heavy atom. The number of piperidine rings is 1. The van der Waals surface area contributed by atoms with E-state index in [4.69, 9.17) is 0 Å². The van der Waals surface area contributed by atoms with Crippen molar-refractivity contribution >= 4 is 12.1 Å². The summed E-state index contributed by atoms with van der Waals surface area (Å²) in [5.74, 6) is -1.40. The second-order valence-electron chi connectivity index (χ2n) is 8.03. The maximum Gasteiger partial charge on any atom is 0.416 e. The van der Waals surface area contributed by atoms with Crippen molar-refractivity contribution in [1.29, 1.82) is 0 Å². The summed E-state index contributed by atoms with van der Waals surface area (Å²) in [4.78, 5) is 25.3. The number of amides is 1. The second-order valence-corrected chi connectivity index (χ2v) is 8.03. The molecule has 0 spiro atoms. The van der Waals surface area contributed by atoms with Crippen LogP contribution in [0.1, 0.15) is 29.0 Å². The average Bonchev–Trinajstić information content (AvgIpc) is 3.31. The zero-order chi connectivity index (χ0) is 26.1. The Bertz CT molecular complexity index is 1220. The number of hydrogen-bond donors (Lipinski definition) is 0. The number of aromatic nitrogens is 5. The van der Waals surface area contributed by atoms with Crippen molar-refractivity contribution < 1.29 is 35.5 Å². The minimum absolute atomic E-state index is 0.00515. The van der Waals surface area contributed by atoms with Crippen LogP contribution >= 0.6 is 0 Å². The molecule has 190 valence electrons. The highest BCUT2D eigenvalue weighted by atomic mass is 19.4. The van der Waals surface area contributed by atoms with Gasteiger partial charge in [0.1, 0.15) is 18.8 Å². The lowest BCUT2D eigenvalue weighted by atomic mass is 9.89.